The Hall–Kier alpha value is -2.88. The average molecular weight is 288 g/mol. The highest BCUT2D eigenvalue weighted by Crippen LogP contribution is 2.22. The van der Waals surface area contributed by atoms with Gasteiger partial charge in [0, 0.05) is 11.9 Å². The number of imidazole rings is 1. The molecule has 0 spiro atoms. The predicted octanol–water partition coefficient (Wildman–Crippen LogP) is 3.80. The fraction of sp³-hybridized carbons (Fsp3) is 0.111. The van der Waals surface area contributed by atoms with Crippen molar-refractivity contribution < 1.29 is 0 Å². The third-order valence-corrected chi connectivity index (χ3v) is 3.86. The molecular formula is C18H16N4. The summed E-state index contributed by atoms with van der Waals surface area (Å²) in [7, 11) is 0. The molecule has 0 aliphatic carbocycles. The van der Waals surface area contributed by atoms with Gasteiger partial charge in [0.15, 0.2) is 0 Å². The molecule has 1 aromatic carbocycles. The Labute approximate surface area is 128 Å². The highest BCUT2D eigenvalue weighted by Gasteiger charge is 2.05. The molecule has 22 heavy (non-hydrogen) atoms. The van der Waals surface area contributed by atoms with E-state index in [2.05, 4.69) is 65.7 Å². The number of rotatable bonds is 2. The van der Waals surface area contributed by atoms with Crippen LogP contribution in [0.5, 0.6) is 0 Å². The Bertz CT molecular complexity index is 945. The molecule has 0 aliphatic rings. The van der Waals surface area contributed by atoms with Gasteiger partial charge < -0.3 is 4.40 Å². The van der Waals surface area contributed by atoms with Crippen molar-refractivity contribution in [1.82, 2.24) is 19.2 Å². The third kappa shape index (κ3) is 2.09. The first-order valence-corrected chi connectivity index (χ1v) is 7.26. The first-order valence-electron chi connectivity index (χ1n) is 7.26. The quantitative estimate of drug-likeness (QED) is 0.562. The minimum Gasteiger partial charge on any atom is -0.306 e. The third-order valence-electron chi connectivity index (χ3n) is 3.86. The molecule has 3 aromatic heterocycles. The van der Waals surface area contributed by atoms with E-state index in [-0.39, 0.29) is 0 Å². The minimum absolute atomic E-state index is 1.03. The summed E-state index contributed by atoms with van der Waals surface area (Å²) in [6.07, 6.45) is 5.78. The van der Waals surface area contributed by atoms with Gasteiger partial charge in [-0.05, 0) is 49.2 Å². The molecule has 0 aliphatic heterocycles. The van der Waals surface area contributed by atoms with Gasteiger partial charge in [-0.1, -0.05) is 18.2 Å². The topological polar surface area (TPSA) is 35.1 Å². The van der Waals surface area contributed by atoms with E-state index in [1.54, 1.807) is 0 Å². The zero-order valence-electron chi connectivity index (χ0n) is 12.6. The van der Waals surface area contributed by atoms with Crippen molar-refractivity contribution >= 4 is 5.52 Å². The summed E-state index contributed by atoms with van der Waals surface area (Å²) >= 11 is 0. The highest BCUT2D eigenvalue weighted by molar-refractivity contribution is 5.66. The molecule has 4 aromatic rings. The molecule has 0 bridgehead atoms. The minimum atomic E-state index is 1.03. The lowest BCUT2D eigenvalue weighted by Crippen LogP contribution is -1.98. The van der Waals surface area contributed by atoms with Gasteiger partial charge in [0.05, 0.1) is 29.4 Å². The lowest BCUT2D eigenvalue weighted by atomic mass is 10.1. The Morgan fingerprint density at radius 3 is 2.41 bits per heavy atom. The fourth-order valence-electron chi connectivity index (χ4n) is 2.78. The molecule has 0 atom stereocenters. The number of hydrogen-bond donors (Lipinski definition) is 0. The summed E-state index contributed by atoms with van der Waals surface area (Å²) in [5.74, 6) is 0. The molecule has 0 amide bonds. The van der Waals surface area contributed by atoms with Crippen LogP contribution in [-0.2, 0) is 0 Å². The number of aromatic nitrogens is 4. The molecule has 0 saturated heterocycles. The number of nitrogens with zero attached hydrogens (tertiary/aromatic N) is 4. The summed E-state index contributed by atoms with van der Waals surface area (Å²) in [6, 6.07) is 14.8. The molecule has 108 valence electrons. The van der Waals surface area contributed by atoms with Gasteiger partial charge in [0.25, 0.3) is 0 Å². The van der Waals surface area contributed by atoms with Crippen molar-refractivity contribution in [3.63, 3.8) is 0 Å². The van der Waals surface area contributed by atoms with Gasteiger partial charge >= 0.3 is 0 Å². The largest absolute Gasteiger partial charge is 0.306 e. The van der Waals surface area contributed by atoms with E-state index < -0.39 is 0 Å². The Kier molecular flexibility index (Phi) is 2.82. The molecule has 0 radical (unpaired) electrons. The summed E-state index contributed by atoms with van der Waals surface area (Å²) in [5, 5.41) is 4.52. The molecule has 3 heterocycles. The summed E-state index contributed by atoms with van der Waals surface area (Å²) < 4.78 is 4.00. The van der Waals surface area contributed by atoms with Crippen LogP contribution in [0.25, 0.3) is 22.3 Å². The molecule has 4 rings (SSSR count). The second kappa shape index (κ2) is 4.84. The zero-order chi connectivity index (χ0) is 15.1. The standard InChI is InChI=1S/C18H16N4/c1-13-9-14(2)22(20-13)17-6-3-15(4-7-17)16-5-8-18-10-19-12-21(18)11-16/h3-12H,1-2H3. The first kappa shape index (κ1) is 12.8. The maximum atomic E-state index is 4.52. The maximum Gasteiger partial charge on any atom is 0.0992 e. The zero-order valence-corrected chi connectivity index (χ0v) is 12.6. The van der Waals surface area contributed by atoms with Gasteiger partial charge in [-0.15, -0.1) is 0 Å². The van der Waals surface area contributed by atoms with Crippen molar-refractivity contribution in [3.8, 4) is 16.8 Å². The van der Waals surface area contributed by atoms with Crippen LogP contribution in [0.2, 0.25) is 0 Å². The van der Waals surface area contributed by atoms with Crippen LogP contribution < -0.4 is 0 Å². The van der Waals surface area contributed by atoms with Gasteiger partial charge in [0.1, 0.15) is 0 Å². The van der Waals surface area contributed by atoms with Crippen LogP contribution in [-0.4, -0.2) is 19.2 Å². The van der Waals surface area contributed by atoms with Crippen LogP contribution in [0.4, 0.5) is 0 Å². The lowest BCUT2D eigenvalue weighted by Gasteiger charge is -2.07. The van der Waals surface area contributed by atoms with Gasteiger partial charge in [-0.2, -0.15) is 5.10 Å². The smallest absolute Gasteiger partial charge is 0.0992 e. The van der Waals surface area contributed by atoms with Crippen molar-refractivity contribution in [2.24, 2.45) is 0 Å². The number of aryl methyl sites for hydroxylation is 2. The van der Waals surface area contributed by atoms with E-state index in [1.807, 2.05) is 28.5 Å². The Morgan fingerprint density at radius 2 is 1.68 bits per heavy atom. The lowest BCUT2D eigenvalue weighted by molar-refractivity contribution is 0.834. The monoisotopic (exact) mass is 288 g/mol. The second-order valence-corrected chi connectivity index (χ2v) is 5.53. The number of benzene rings is 1. The Balaban J connectivity index is 1.73. The molecule has 0 saturated carbocycles. The van der Waals surface area contributed by atoms with Crippen molar-refractivity contribution in [3.05, 3.63) is 72.6 Å². The van der Waals surface area contributed by atoms with E-state index in [0.29, 0.717) is 0 Å². The highest BCUT2D eigenvalue weighted by atomic mass is 15.3. The molecule has 0 fully saturated rings. The number of hydrogen-bond acceptors (Lipinski definition) is 2. The van der Waals surface area contributed by atoms with E-state index >= 15 is 0 Å². The maximum absolute atomic E-state index is 4.52. The fourth-order valence-corrected chi connectivity index (χ4v) is 2.78. The Morgan fingerprint density at radius 1 is 0.909 bits per heavy atom. The van der Waals surface area contributed by atoms with Crippen LogP contribution in [0.1, 0.15) is 11.4 Å². The van der Waals surface area contributed by atoms with Crippen molar-refractivity contribution in [1.29, 1.82) is 0 Å². The number of pyridine rings is 1. The van der Waals surface area contributed by atoms with Crippen LogP contribution in [0.3, 0.4) is 0 Å². The SMILES string of the molecule is Cc1cc(C)n(-c2ccc(-c3ccc4cncn4c3)cc2)n1. The van der Waals surface area contributed by atoms with Crippen LogP contribution >= 0.6 is 0 Å². The van der Waals surface area contributed by atoms with E-state index in [0.717, 1.165) is 22.6 Å². The van der Waals surface area contributed by atoms with Crippen molar-refractivity contribution in [2.45, 2.75) is 13.8 Å². The van der Waals surface area contributed by atoms with E-state index in [1.165, 1.54) is 11.1 Å². The molecule has 4 nitrogen and oxygen atoms in total. The van der Waals surface area contributed by atoms with Gasteiger partial charge in [-0.25, -0.2) is 9.67 Å². The normalized spacial score (nSPS) is 11.2. The second-order valence-electron chi connectivity index (χ2n) is 5.53. The predicted molar refractivity (Wildman–Crippen MR) is 87.2 cm³/mol. The number of fused-ring (bicyclic) bond motifs is 1. The van der Waals surface area contributed by atoms with Crippen molar-refractivity contribution in [2.75, 3.05) is 0 Å². The summed E-state index contributed by atoms with van der Waals surface area (Å²) in [4.78, 5) is 4.15. The van der Waals surface area contributed by atoms with E-state index in [9.17, 15) is 0 Å². The summed E-state index contributed by atoms with van der Waals surface area (Å²) in [5.41, 5.74) is 6.71. The van der Waals surface area contributed by atoms with Gasteiger partial charge in [0.2, 0.25) is 0 Å². The van der Waals surface area contributed by atoms with Crippen LogP contribution in [0.15, 0.2) is 61.2 Å². The molecular weight excluding hydrogens is 272 g/mol. The van der Waals surface area contributed by atoms with Gasteiger partial charge in [-0.3, -0.25) is 0 Å². The molecule has 0 N–H and O–H groups in total. The first-order chi connectivity index (χ1) is 10.7. The van der Waals surface area contributed by atoms with E-state index in [4.69, 9.17) is 0 Å². The average Bonchev–Trinajstić information content (AvgIpc) is 3.12. The molecule has 0 unspecified atom stereocenters. The summed E-state index contributed by atoms with van der Waals surface area (Å²) in [6.45, 7) is 4.08. The molecule has 4 heteroatoms. The van der Waals surface area contributed by atoms with Crippen LogP contribution in [0, 0.1) is 13.8 Å².